The maximum absolute atomic E-state index is 12.1. The second-order valence-electron chi connectivity index (χ2n) is 7.81. The van der Waals surface area contributed by atoms with Crippen LogP contribution in [0.4, 0.5) is 0 Å². The molecule has 1 aromatic heterocycles. The summed E-state index contributed by atoms with van der Waals surface area (Å²) in [6, 6.07) is 13.2. The summed E-state index contributed by atoms with van der Waals surface area (Å²) >= 11 is 0. The van der Waals surface area contributed by atoms with E-state index in [1.165, 1.54) is 18.2 Å². The van der Waals surface area contributed by atoms with Crippen molar-refractivity contribution < 1.29 is 19.4 Å². The monoisotopic (exact) mass is 426 g/mol. The van der Waals surface area contributed by atoms with Crippen molar-refractivity contribution in [1.29, 1.82) is 0 Å². The molecule has 0 aliphatic rings. The Morgan fingerprint density at radius 1 is 0.938 bits per heavy atom. The van der Waals surface area contributed by atoms with Gasteiger partial charge in [0.05, 0.1) is 5.57 Å². The smallest absolute Gasteiger partial charge is 0.335 e. The van der Waals surface area contributed by atoms with Crippen molar-refractivity contribution in [2.75, 3.05) is 0 Å². The fourth-order valence-electron chi connectivity index (χ4n) is 3.89. The van der Waals surface area contributed by atoms with Crippen LogP contribution < -0.4 is 5.43 Å². The molecule has 5 heteroatoms. The summed E-state index contributed by atoms with van der Waals surface area (Å²) in [5, 5.41) is 22.8. The standard InChI is InChI=1S/C27H22O5/c1-4-19(27(30)31)21(9-5-15(2)3)25-22-12-8-18(29)14-24(22)32-26-20-11-7-17(28)13-16(20)6-10-23(25)26/h4-14,29H,1-3H3,(H,30,31)/b19-4+,21-9+. The molecule has 3 aromatic carbocycles. The summed E-state index contributed by atoms with van der Waals surface area (Å²) in [5.41, 5.74) is 3.19. The Labute approximate surface area is 184 Å². The highest BCUT2D eigenvalue weighted by Gasteiger charge is 2.21. The molecule has 0 unspecified atom stereocenters. The van der Waals surface area contributed by atoms with Gasteiger partial charge in [0.2, 0.25) is 0 Å². The summed E-state index contributed by atoms with van der Waals surface area (Å²) < 4.78 is 6.20. The number of aromatic hydroxyl groups is 1. The second kappa shape index (κ2) is 8.19. The maximum Gasteiger partial charge on any atom is 0.335 e. The number of phenols is 1. The van der Waals surface area contributed by atoms with Crippen molar-refractivity contribution in [3.63, 3.8) is 0 Å². The average molecular weight is 426 g/mol. The Morgan fingerprint density at radius 3 is 2.34 bits per heavy atom. The van der Waals surface area contributed by atoms with Gasteiger partial charge in [-0.1, -0.05) is 29.9 Å². The van der Waals surface area contributed by atoms with Gasteiger partial charge in [0, 0.05) is 27.8 Å². The van der Waals surface area contributed by atoms with E-state index in [0.29, 0.717) is 33.1 Å². The number of carboxylic acid groups (broad SMARTS) is 1. The van der Waals surface area contributed by atoms with Gasteiger partial charge in [-0.05, 0) is 68.1 Å². The minimum atomic E-state index is -1.04. The van der Waals surface area contributed by atoms with E-state index in [4.69, 9.17) is 4.42 Å². The number of benzene rings is 3. The Bertz CT molecular complexity index is 1540. The van der Waals surface area contributed by atoms with Gasteiger partial charge in [-0.2, -0.15) is 0 Å². The Morgan fingerprint density at radius 2 is 1.66 bits per heavy atom. The number of phenolic OH excluding ortho intramolecular Hbond substituents is 1. The van der Waals surface area contributed by atoms with Crippen LogP contribution in [0.25, 0.3) is 38.3 Å². The second-order valence-corrected chi connectivity index (χ2v) is 7.81. The van der Waals surface area contributed by atoms with Crippen LogP contribution in [0.3, 0.4) is 0 Å². The third kappa shape index (κ3) is 3.69. The van der Waals surface area contributed by atoms with Crippen molar-refractivity contribution in [2.45, 2.75) is 20.8 Å². The highest BCUT2D eigenvalue weighted by molar-refractivity contribution is 6.18. The quantitative estimate of drug-likeness (QED) is 0.176. The molecule has 32 heavy (non-hydrogen) atoms. The van der Waals surface area contributed by atoms with Gasteiger partial charge in [-0.15, -0.1) is 0 Å². The van der Waals surface area contributed by atoms with E-state index in [-0.39, 0.29) is 16.8 Å². The lowest BCUT2D eigenvalue weighted by atomic mass is 9.90. The molecular weight excluding hydrogens is 404 g/mol. The number of allylic oxidation sites excluding steroid dienone is 4. The van der Waals surface area contributed by atoms with Crippen LogP contribution in [0.2, 0.25) is 0 Å². The summed E-state index contributed by atoms with van der Waals surface area (Å²) in [4.78, 5) is 24.0. The van der Waals surface area contributed by atoms with Crippen LogP contribution in [-0.2, 0) is 4.79 Å². The Balaban J connectivity index is 2.26. The van der Waals surface area contributed by atoms with E-state index in [2.05, 4.69) is 0 Å². The van der Waals surface area contributed by atoms with E-state index in [9.17, 15) is 19.8 Å². The van der Waals surface area contributed by atoms with Crippen LogP contribution in [-0.4, -0.2) is 16.2 Å². The van der Waals surface area contributed by atoms with Crippen LogP contribution in [0, 0.1) is 0 Å². The molecule has 4 rings (SSSR count). The molecule has 1 heterocycles. The van der Waals surface area contributed by atoms with Crippen molar-refractivity contribution in [3.05, 3.63) is 93.7 Å². The fraction of sp³-hybridized carbons (Fsp3) is 0.111. The van der Waals surface area contributed by atoms with Crippen LogP contribution in [0.5, 0.6) is 5.75 Å². The van der Waals surface area contributed by atoms with Gasteiger partial charge in [0.15, 0.2) is 5.43 Å². The van der Waals surface area contributed by atoms with Crippen molar-refractivity contribution in [2.24, 2.45) is 0 Å². The molecule has 0 atom stereocenters. The lowest BCUT2D eigenvalue weighted by molar-refractivity contribution is -0.132. The lowest BCUT2D eigenvalue weighted by Crippen LogP contribution is -2.04. The van der Waals surface area contributed by atoms with E-state index in [0.717, 1.165) is 16.3 Å². The molecular formula is C27H22O5. The molecule has 0 amide bonds. The zero-order valence-electron chi connectivity index (χ0n) is 18.0. The van der Waals surface area contributed by atoms with Crippen molar-refractivity contribution in [3.8, 4) is 5.75 Å². The van der Waals surface area contributed by atoms with Gasteiger partial charge in [-0.3, -0.25) is 4.79 Å². The van der Waals surface area contributed by atoms with Crippen LogP contribution in [0.1, 0.15) is 26.3 Å². The lowest BCUT2D eigenvalue weighted by Gasteiger charge is -2.16. The fourth-order valence-corrected chi connectivity index (χ4v) is 3.89. The molecule has 2 N–H and O–H groups in total. The summed E-state index contributed by atoms with van der Waals surface area (Å²) in [6.07, 6.45) is 5.24. The minimum absolute atomic E-state index is 0.0351. The molecule has 0 saturated carbocycles. The Kier molecular flexibility index (Phi) is 5.41. The summed E-state index contributed by atoms with van der Waals surface area (Å²) in [6.45, 7) is 5.56. The number of hydrogen-bond acceptors (Lipinski definition) is 4. The van der Waals surface area contributed by atoms with Crippen LogP contribution >= 0.6 is 0 Å². The first kappa shape index (κ1) is 21.1. The van der Waals surface area contributed by atoms with Crippen LogP contribution in [0.15, 0.2) is 87.1 Å². The first-order valence-electron chi connectivity index (χ1n) is 10.2. The van der Waals surface area contributed by atoms with Gasteiger partial charge < -0.3 is 14.6 Å². The first-order valence-corrected chi connectivity index (χ1v) is 10.2. The molecule has 0 fully saturated rings. The third-order valence-electron chi connectivity index (χ3n) is 5.32. The molecule has 0 spiro atoms. The zero-order chi connectivity index (χ0) is 23.0. The molecule has 0 aliphatic heterocycles. The van der Waals surface area contributed by atoms with E-state index in [1.807, 2.05) is 32.1 Å². The van der Waals surface area contributed by atoms with Gasteiger partial charge in [-0.25, -0.2) is 4.79 Å². The van der Waals surface area contributed by atoms with E-state index < -0.39 is 5.97 Å². The molecule has 0 bridgehead atoms. The predicted molar refractivity (Wildman–Crippen MR) is 128 cm³/mol. The normalized spacial score (nSPS) is 12.5. The third-order valence-corrected chi connectivity index (χ3v) is 5.32. The SMILES string of the molecule is C/C=C(C(=O)O)\C(=C/C=C(C)C)c1c2ccc(O)cc2oc2c1ccc1cc(=O)ccc12. The molecule has 4 aromatic rings. The van der Waals surface area contributed by atoms with E-state index >= 15 is 0 Å². The molecule has 0 aliphatic carbocycles. The van der Waals surface area contributed by atoms with Gasteiger partial charge >= 0.3 is 5.97 Å². The van der Waals surface area contributed by atoms with E-state index in [1.54, 1.807) is 37.3 Å². The molecule has 0 radical (unpaired) electrons. The number of rotatable bonds is 4. The first-order chi connectivity index (χ1) is 15.3. The topological polar surface area (TPSA) is 87.7 Å². The Hall–Kier alpha value is -4.12. The molecule has 0 saturated heterocycles. The van der Waals surface area contributed by atoms with Gasteiger partial charge in [0.25, 0.3) is 0 Å². The largest absolute Gasteiger partial charge is 0.508 e. The average Bonchev–Trinajstić information content (AvgIpc) is 2.74. The minimum Gasteiger partial charge on any atom is -0.508 e. The number of carboxylic acids is 1. The summed E-state index contributed by atoms with van der Waals surface area (Å²) in [7, 11) is 0. The van der Waals surface area contributed by atoms with Gasteiger partial charge in [0.1, 0.15) is 16.9 Å². The maximum atomic E-state index is 12.1. The molecule has 160 valence electrons. The van der Waals surface area contributed by atoms with Crippen molar-refractivity contribution in [1.82, 2.24) is 0 Å². The number of aliphatic carboxylic acids is 1. The number of carbonyl (C=O) groups is 1. The highest BCUT2D eigenvalue weighted by atomic mass is 16.4. The molecule has 5 nitrogen and oxygen atoms in total. The number of fused-ring (bicyclic) bond motifs is 4. The zero-order valence-corrected chi connectivity index (χ0v) is 18.0. The number of hydrogen-bond donors (Lipinski definition) is 2. The predicted octanol–water partition coefficient (Wildman–Crippen LogP) is 6.19. The summed E-state index contributed by atoms with van der Waals surface area (Å²) in [5.74, 6) is -1.01. The van der Waals surface area contributed by atoms with Crippen molar-refractivity contribution >= 4 is 44.3 Å². The highest BCUT2D eigenvalue weighted by Crippen LogP contribution is 2.40.